The van der Waals surface area contributed by atoms with E-state index < -0.39 is 0 Å². The van der Waals surface area contributed by atoms with Crippen LogP contribution in [0.3, 0.4) is 0 Å². The van der Waals surface area contributed by atoms with Gasteiger partial charge in [-0.1, -0.05) is 0 Å². The Morgan fingerprint density at radius 1 is 1.39 bits per heavy atom. The van der Waals surface area contributed by atoms with E-state index in [9.17, 15) is 9.18 Å². The van der Waals surface area contributed by atoms with Gasteiger partial charge in [-0.05, 0) is 37.3 Å². The highest BCUT2D eigenvalue weighted by atomic mass is 19.1. The van der Waals surface area contributed by atoms with Crippen LogP contribution in [-0.4, -0.2) is 18.1 Å². The Kier molecular flexibility index (Phi) is 1.87. The van der Waals surface area contributed by atoms with Gasteiger partial charge in [-0.2, -0.15) is 0 Å². The molecule has 1 aromatic carbocycles. The summed E-state index contributed by atoms with van der Waals surface area (Å²) >= 11 is 0. The maximum absolute atomic E-state index is 13.5. The number of ether oxygens (including phenoxy) is 1. The average molecular weight is 247 g/mol. The van der Waals surface area contributed by atoms with E-state index in [2.05, 4.69) is 0 Å². The van der Waals surface area contributed by atoms with E-state index in [0.717, 1.165) is 24.1 Å². The topological polar surface area (TPSA) is 29.5 Å². The van der Waals surface area contributed by atoms with E-state index in [1.54, 1.807) is 0 Å². The minimum atomic E-state index is -0.300. The molecule has 18 heavy (non-hydrogen) atoms. The molecule has 1 aliphatic carbocycles. The van der Waals surface area contributed by atoms with Crippen molar-refractivity contribution in [1.82, 2.24) is 0 Å². The zero-order chi connectivity index (χ0) is 12.4. The zero-order valence-corrected chi connectivity index (χ0v) is 10.1. The van der Waals surface area contributed by atoms with E-state index in [-0.39, 0.29) is 23.9 Å². The molecule has 0 unspecified atom stereocenters. The standard InChI is InChI=1S/C14H14FNO2/c1-7-4-9(15)6-11-13(7)16-12(17)5-8-2-3-10(18-11)14(8)16/h4,6,8,10,14H,2-3,5H2,1H3/t8-,10-,14+/m1/s1. The third-order valence-corrected chi connectivity index (χ3v) is 4.44. The number of nitrogens with zero attached hydrogens (tertiary/aromatic N) is 1. The lowest BCUT2D eigenvalue weighted by atomic mass is 10.0. The Morgan fingerprint density at radius 3 is 3.06 bits per heavy atom. The minimum Gasteiger partial charge on any atom is -0.486 e. The van der Waals surface area contributed by atoms with Gasteiger partial charge in [0.1, 0.15) is 17.7 Å². The largest absolute Gasteiger partial charge is 0.486 e. The molecule has 0 aromatic heterocycles. The average Bonchev–Trinajstić information content (AvgIpc) is 2.83. The first-order valence-corrected chi connectivity index (χ1v) is 6.44. The summed E-state index contributed by atoms with van der Waals surface area (Å²) in [6.07, 6.45) is 2.66. The van der Waals surface area contributed by atoms with Crippen LogP contribution in [0, 0.1) is 18.7 Å². The van der Waals surface area contributed by atoms with Crippen LogP contribution in [-0.2, 0) is 4.79 Å². The number of carbonyl (C=O) groups is 1. The monoisotopic (exact) mass is 247 g/mol. The maximum atomic E-state index is 13.5. The molecule has 0 radical (unpaired) electrons. The second-order valence-electron chi connectivity index (χ2n) is 5.52. The van der Waals surface area contributed by atoms with Crippen molar-refractivity contribution >= 4 is 11.6 Å². The van der Waals surface area contributed by atoms with Gasteiger partial charge in [0.05, 0.1) is 11.7 Å². The van der Waals surface area contributed by atoms with Gasteiger partial charge >= 0.3 is 0 Å². The molecule has 94 valence electrons. The molecule has 4 heteroatoms. The summed E-state index contributed by atoms with van der Waals surface area (Å²) in [5.41, 5.74) is 1.57. The Balaban J connectivity index is 1.93. The molecule has 1 amide bonds. The van der Waals surface area contributed by atoms with E-state index in [0.29, 0.717) is 18.1 Å². The molecule has 0 N–H and O–H groups in total. The lowest BCUT2D eigenvalue weighted by Gasteiger charge is -2.37. The normalized spacial score (nSPS) is 32.2. The van der Waals surface area contributed by atoms with Crippen LogP contribution in [0.25, 0.3) is 0 Å². The van der Waals surface area contributed by atoms with Crippen LogP contribution in [0.2, 0.25) is 0 Å². The van der Waals surface area contributed by atoms with Crippen molar-refractivity contribution in [3.63, 3.8) is 0 Å². The molecule has 3 atom stereocenters. The van der Waals surface area contributed by atoms with Crippen molar-refractivity contribution in [2.24, 2.45) is 5.92 Å². The van der Waals surface area contributed by atoms with Gasteiger partial charge in [-0.15, -0.1) is 0 Å². The number of benzene rings is 1. The lowest BCUT2D eigenvalue weighted by molar-refractivity contribution is -0.117. The molecule has 2 heterocycles. The van der Waals surface area contributed by atoms with Crippen molar-refractivity contribution in [1.29, 1.82) is 0 Å². The fourth-order valence-corrected chi connectivity index (χ4v) is 3.78. The summed E-state index contributed by atoms with van der Waals surface area (Å²) in [5.74, 6) is 0.810. The van der Waals surface area contributed by atoms with Crippen molar-refractivity contribution < 1.29 is 13.9 Å². The first kappa shape index (κ1) is 10.4. The highest BCUT2D eigenvalue weighted by molar-refractivity contribution is 5.99. The first-order valence-electron chi connectivity index (χ1n) is 6.44. The second kappa shape index (κ2) is 3.25. The number of rotatable bonds is 0. The number of carbonyl (C=O) groups excluding carboxylic acids is 1. The van der Waals surface area contributed by atoms with Crippen LogP contribution in [0.15, 0.2) is 12.1 Å². The third kappa shape index (κ3) is 1.15. The second-order valence-corrected chi connectivity index (χ2v) is 5.52. The van der Waals surface area contributed by atoms with Crippen LogP contribution in [0.4, 0.5) is 10.1 Å². The van der Waals surface area contributed by atoms with E-state index in [1.807, 2.05) is 11.8 Å². The fraction of sp³-hybridized carbons (Fsp3) is 0.500. The lowest BCUT2D eigenvalue weighted by Crippen LogP contribution is -2.47. The van der Waals surface area contributed by atoms with Gasteiger partial charge in [-0.3, -0.25) is 4.79 Å². The predicted octanol–water partition coefficient (Wildman–Crippen LogP) is 2.41. The third-order valence-electron chi connectivity index (χ3n) is 4.44. The summed E-state index contributed by atoms with van der Waals surface area (Å²) in [6, 6.07) is 3.05. The smallest absolute Gasteiger partial charge is 0.227 e. The molecule has 0 bridgehead atoms. The molecule has 1 saturated carbocycles. The Hall–Kier alpha value is -1.58. The van der Waals surface area contributed by atoms with Gasteiger partial charge < -0.3 is 9.64 Å². The molecule has 3 nitrogen and oxygen atoms in total. The van der Waals surface area contributed by atoms with Gasteiger partial charge in [0.15, 0.2) is 0 Å². The molecule has 4 rings (SSSR count). The number of halogens is 1. The molecule has 1 aromatic rings. The van der Waals surface area contributed by atoms with Gasteiger partial charge in [0, 0.05) is 12.5 Å². The van der Waals surface area contributed by atoms with Crippen LogP contribution >= 0.6 is 0 Å². The number of anilines is 1. The fourth-order valence-electron chi connectivity index (χ4n) is 3.78. The van der Waals surface area contributed by atoms with Gasteiger partial charge in [0.2, 0.25) is 5.91 Å². The van der Waals surface area contributed by atoms with Crippen LogP contribution in [0.5, 0.6) is 5.75 Å². The number of hydrogen-bond acceptors (Lipinski definition) is 2. The van der Waals surface area contributed by atoms with Crippen molar-refractivity contribution in [3.8, 4) is 5.75 Å². The van der Waals surface area contributed by atoms with Crippen molar-refractivity contribution in [2.45, 2.75) is 38.3 Å². The summed E-state index contributed by atoms with van der Waals surface area (Å²) < 4.78 is 19.4. The van der Waals surface area contributed by atoms with Gasteiger partial charge in [-0.25, -0.2) is 4.39 Å². The molecule has 0 spiro atoms. The molecule has 2 aliphatic heterocycles. The SMILES string of the molecule is Cc1cc(F)cc2c1N1C(=O)C[C@H]3CC[C@@H](O2)[C@H]31. The Bertz CT molecular complexity index is 557. The van der Waals surface area contributed by atoms with Crippen molar-refractivity contribution in [3.05, 3.63) is 23.5 Å². The Morgan fingerprint density at radius 2 is 2.22 bits per heavy atom. The summed E-state index contributed by atoms with van der Waals surface area (Å²) in [5, 5.41) is 0. The highest BCUT2D eigenvalue weighted by Crippen LogP contribution is 2.50. The molecular weight excluding hydrogens is 233 g/mol. The number of amides is 1. The molecule has 2 fully saturated rings. The highest BCUT2D eigenvalue weighted by Gasteiger charge is 2.53. The minimum absolute atomic E-state index is 0.0511. The summed E-state index contributed by atoms with van der Waals surface area (Å²) in [6.45, 7) is 1.83. The summed E-state index contributed by atoms with van der Waals surface area (Å²) in [7, 11) is 0. The van der Waals surface area contributed by atoms with Crippen molar-refractivity contribution in [2.75, 3.05) is 4.90 Å². The summed E-state index contributed by atoms with van der Waals surface area (Å²) in [4.78, 5) is 14.0. The zero-order valence-electron chi connectivity index (χ0n) is 10.1. The quantitative estimate of drug-likeness (QED) is 0.704. The van der Waals surface area contributed by atoms with Gasteiger partial charge in [0.25, 0.3) is 0 Å². The molecule has 1 saturated heterocycles. The maximum Gasteiger partial charge on any atom is 0.227 e. The number of hydrogen-bond donors (Lipinski definition) is 0. The predicted molar refractivity (Wildman–Crippen MR) is 64.2 cm³/mol. The van der Waals surface area contributed by atoms with Crippen LogP contribution < -0.4 is 9.64 Å². The molecule has 3 aliphatic rings. The first-order chi connectivity index (χ1) is 8.65. The van der Waals surface area contributed by atoms with E-state index in [4.69, 9.17) is 4.74 Å². The van der Waals surface area contributed by atoms with E-state index in [1.165, 1.54) is 12.1 Å². The molecular formula is C14H14FNO2. The Labute approximate surface area is 105 Å². The van der Waals surface area contributed by atoms with E-state index >= 15 is 0 Å². The van der Waals surface area contributed by atoms with Crippen LogP contribution in [0.1, 0.15) is 24.8 Å². The number of fused-ring (bicyclic) bond motifs is 2. The number of aryl methyl sites for hydroxylation is 1.